The van der Waals surface area contributed by atoms with Crippen LogP contribution in [0.2, 0.25) is 0 Å². The van der Waals surface area contributed by atoms with Crippen molar-refractivity contribution in [2.75, 3.05) is 6.61 Å². The molecule has 0 bridgehead atoms. The van der Waals surface area contributed by atoms with Gasteiger partial charge in [0, 0.05) is 0 Å². The number of nitrogens with zero attached hydrogens (tertiary/aromatic N) is 2. The molecule has 0 saturated heterocycles. The van der Waals surface area contributed by atoms with E-state index in [0.29, 0.717) is 18.0 Å². The molecule has 2 aromatic carbocycles. The number of aryl methyl sites for hydroxylation is 1. The second-order valence-corrected chi connectivity index (χ2v) is 5.28. The van der Waals surface area contributed by atoms with E-state index in [2.05, 4.69) is 16.0 Å². The van der Waals surface area contributed by atoms with Gasteiger partial charge in [-0.25, -0.2) is 4.98 Å². The van der Waals surface area contributed by atoms with Crippen LogP contribution in [-0.4, -0.2) is 16.6 Å². The number of aromatic nitrogens is 2. The van der Waals surface area contributed by atoms with E-state index >= 15 is 0 Å². The Hall–Kier alpha value is -3.06. The first-order valence-electron chi connectivity index (χ1n) is 7.51. The highest BCUT2D eigenvalue weighted by molar-refractivity contribution is 5.90. The lowest BCUT2D eigenvalue weighted by molar-refractivity contribution is 0.340. The summed E-state index contributed by atoms with van der Waals surface area (Å²) < 4.78 is 5.42. The van der Waals surface area contributed by atoms with Crippen molar-refractivity contribution in [3.05, 3.63) is 59.4 Å². The molecule has 4 nitrogen and oxygen atoms in total. The number of allylic oxidation sites excluding steroid dienone is 1. The van der Waals surface area contributed by atoms with Crippen molar-refractivity contribution in [1.82, 2.24) is 9.97 Å². The number of fused-ring (bicyclic) bond motifs is 1. The molecular formula is C19H17N3O. The number of nitrogens with one attached hydrogen (secondary N) is 1. The van der Waals surface area contributed by atoms with Gasteiger partial charge >= 0.3 is 0 Å². The minimum Gasteiger partial charge on any atom is -0.494 e. The lowest BCUT2D eigenvalue weighted by atomic mass is 10.1. The first-order chi connectivity index (χ1) is 11.2. The van der Waals surface area contributed by atoms with E-state index in [1.54, 1.807) is 0 Å². The summed E-state index contributed by atoms with van der Waals surface area (Å²) in [6.45, 7) is 4.61. The van der Waals surface area contributed by atoms with Gasteiger partial charge < -0.3 is 9.72 Å². The first-order valence-corrected chi connectivity index (χ1v) is 7.51. The monoisotopic (exact) mass is 303 g/mol. The maximum atomic E-state index is 9.46. The lowest BCUT2D eigenvalue weighted by Crippen LogP contribution is -1.90. The summed E-state index contributed by atoms with van der Waals surface area (Å²) in [5.41, 5.74) is 4.39. The number of imidazole rings is 1. The number of ether oxygens (including phenoxy) is 1. The van der Waals surface area contributed by atoms with Gasteiger partial charge in [0.1, 0.15) is 17.6 Å². The molecule has 1 aromatic heterocycles. The molecule has 0 aliphatic rings. The zero-order valence-corrected chi connectivity index (χ0v) is 13.1. The zero-order valence-electron chi connectivity index (χ0n) is 13.1. The number of nitriles is 1. The minimum atomic E-state index is 0.503. The Morgan fingerprint density at radius 1 is 1.26 bits per heavy atom. The summed E-state index contributed by atoms with van der Waals surface area (Å²) in [5.74, 6) is 1.41. The Morgan fingerprint density at radius 3 is 2.74 bits per heavy atom. The van der Waals surface area contributed by atoms with Crippen molar-refractivity contribution in [3.63, 3.8) is 0 Å². The van der Waals surface area contributed by atoms with E-state index in [-0.39, 0.29) is 0 Å². The third-order valence-electron chi connectivity index (χ3n) is 3.52. The van der Waals surface area contributed by atoms with Gasteiger partial charge in [0.15, 0.2) is 0 Å². The molecule has 3 aromatic rings. The molecule has 0 radical (unpaired) electrons. The molecule has 1 heterocycles. The Balaban J connectivity index is 1.95. The van der Waals surface area contributed by atoms with Crippen molar-refractivity contribution in [1.29, 1.82) is 5.26 Å². The number of H-pyrrole nitrogens is 1. The average Bonchev–Trinajstić information content (AvgIpc) is 2.97. The Labute approximate surface area is 135 Å². The zero-order chi connectivity index (χ0) is 16.2. The lowest BCUT2D eigenvalue weighted by Gasteiger charge is -2.02. The summed E-state index contributed by atoms with van der Waals surface area (Å²) in [5, 5.41) is 9.46. The SMILES string of the molecule is CCOc1ccc(C=C(C#N)c2nc3ccc(C)cc3[nH]2)cc1. The molecule has 114 valence electrons. The largest absolute Gasteiger partial charge is 0.494 e. The maximum Gasteiger partial charge on any atom is 0.149 e. The third-order valence-corrected chi connectivity index (χ3v) is 3.52. The molecule has 0 fully saturated rings. The van der Waals surface area contributed by atoms with E-state index in [0.717, 1.165) is 27.9 Å². The Morgan fingerprint density at radius 2 is 2.04 bits per heavy atom. The second-order valence-electron chi connectivity index (χ2n) is 5.28. The van der Waals surface area contributed by atoms with Crippen molar-refractivity contribution in [3.8, 4) is 11.8 Å². The van der Waals surface area contributed by atoms with Crippen molar-refractivity contribution >= 4 is 22.7 Å². The minimum absolute atomic E-state index is 0.503. The molecule has 0 atom stereocenters. The van der Waals surface area contributed by atoms with Gasteiger partial charge in [0.05, 0.1) is 23.2 Å². The summed E-state index contributed by atoms with van der Waals surface area (Å²) >= 11 is 0. The molecule has 0 saturated carbocycles. The molecule has 0 unspecified atom stereocenters. The van der Waals surface area contributed by atoms with Crippen LogP contribution < -0.4 is 4.74 Å². The summed E-state index contributed by atoms with van der Waals surface area (Å²) in [4.78, 5) is 7.71. The van der Waals surface area contributed by atoms with Gasteiger partial charge in [0.2, 0.25) is 0 Å². The van der Waals surface area contributed by atoms with Gasteiger partial charge in [-0.1, -0.05) is 18.2 Å². The van der Waals surface area contributed by atoms with Crippen LogP contribution in [0.15, 0.2) is 42.5 Å². The number of hydrogen-bond donors (Lipinski definition) is 1. The van der Waals surface area contributed by atoms with Gasteiger partial charge in [-0.2, -0.15) is 5.26 Å². The quantitative estimate of drug-likeness (QED) is 0.729. The van der Waals surface area contributed by atoms with Crippen molar-refractivity contribution in [2.24, 2.45) is 0 Å². The van der Waals surface area contributed by atoms with Gasteiger partial charge in [-0.3, -0.25) is 0 Å². The molecule has 0 aliphatic carbocycles. The van der Waals surface area contributed by atoms with Crippen molar-refractivity contribution < 1.29 is 4.74 Å². The summed E-state index contributed by atoms with van der Waals surface area (Å²) in [6.07, 6.45) is 1.82. The topological polar surface area (TPSA) is 61.7 Å². The molecule has 4 heteroatoms. The molecular weight excluding hydrogens is 286 g/mol. The van der Waals surface area contributed by atoms with E-state index in [1.807, 2.05) is 62.4 Å². The van der Waals surface area contributed by atoms with Crippen LogP contribution in [0.5, 0.6) is 5.75 Å². The van der Waals surface area contributed by atoms with E-state index < -0.39 is 0 Å². The van der Waals surface area contributed by atoms with Crippen LogP contribution in [0.25, 0.3) is 22.7 Å². The van der Waals surface area contributed by atoms with Crippen LogP contribution in [-0.2, 0) is 0 Å². The van der Waals surface area contributed by atoms with E-state index in [4.69, 9.17) is 4.74 Å². The normalized spacial score (nSPS) is 11.4. The van der Waals surface area contributed by atoms with Crippen LogP contribution in [0.3, 0.4) is 0 Å². The molecule has 0 aliphatic heterocycles. The fourth-order valence-electron chi connectivity index (χ4n) is 2.40. The smallest absolute Gasteiger partial charge is 0.149 e. The van der Waals surface area contributed by atoms with E-state index in [1.165, 1.54) is 0 Å². The summed E-state index contributed by atoms with van der Waals surface area (Å²) in [6, 6.07) is 15.8. The Bertz CT molecular complexity index is 899. The molecule has 23 heavy (non-hydrogen) atoms. The van der Waals surface area contributed by atoms with Crippen molar-refractivity contribution in [2.45, 2.75) is 13.8 Å². The van der Waals surface area contributed by atoms with Crippen LogP contribution in [0, 0.1) is 18.3 Å². The van der Waals surface area contributed by atoms with Gasteiger partial charge in [-0.15, -0.1) is 0 Å². The highest BCUT2D eigenvalue weighted by Crippen LogP contribution is 2.21. The fourth-order valence-corrected chi connectivity index (χ4v) is 2.40. The number of benzene rings is 2. The average molecular weight is 303 g/mol. The van der Waals surface area contributed by atoms with E-state index in [9.17, 15) is 5.26 Å². The standard InChI is InChI=1S/C19H17N3O/c1-3-23-16-7-5-14(6-8-16)11-15(12-20)19-21-17-9-4-13(2)10-18(17)22-19/h4-11H,3H2,1-2H3,(H,21,22). The van der Waals surface area contributed by atoms with Crippen LogP contribution in [0.1, 0.15) is 23.9 Å². The highest BCUT2D eigenvalue weighted by Gasteiger charge is 2.08. The van der Waals surface area contributed by atoms with Crippen LogP contribution >= 0.6 is 0 Å². The highest BCUT2D eigenvalue weighted by atomic mass is 16.5. The maximum absolute atomic E-state index is 9.46. The number of rotatable bonds is 4. The predicted molar refractivity (Wildman–Crippen MR) is 91.9 cm³/mol. The summed E-state index contributed by atoms with van der Waals surface area (Å²) in [7, 11) is 0. The predicted octanol–water partition coefficient (Wildman–Crippen LogP) is 4.33. The number of hydrogen-bond acceptors (Lipinski definition) is 3. The van der Waals surface area contributed by atoms with Crippen LogP contribution in [0.4, 0.5) is 0 Å². The fraction of sp³-hybridized carbons (Fsp3) is 0.158. The van der Waals surface area contributed by atoms with Gasteiger partial charge in [0.25, 0.3) is 0 Å². The number of aromatic amines is 1. The Kier molecular flexibility index (Phi) is 4.11. The van der Waals surface area contributed by atoms with Gasteiger partial charge in [-0.05, 0) is 55.3 Å². The second kappa shape index (κ2) is 6.37. The molecule has 0 amide bonds. The molecule has 0 spiro atoms. The molecule has 1 N–H and O–H groups in total. The third kappa shape index (κ3) is 3.24. The molecule has 3 rings (SSSR count). The first kappa shape index (κ1) is 14.9.